The van der Waals surface area contributed by atoms with E-state index in [2.05, 4.69) is 5.32 Å². The van der Waals surface area contributed by atoms with E-state index in [0.717, 1.165) is 17.9 Å². The van der Waals surface area contributed by atoms with Crippen LogP contribution in [0.5, 0.6) is 0 Å². The van der Waals surface area contributed by atoms with E-state index in [9.17, 15) is 13.2 Å². The normalized spacial score (nSPS) is 20.1. The molecule has 1 fully saturated rings. The average Bonchev–Trinajstić information content (AvgIpc) is 2.68. The fourth-order valence-corrected chi connectivity index (χ4v) is 2.99. The van der Waals surface area contributed by atoms with Crippen LogP contribution in [0.1, 0.15) is 6.42 Å². The monoisotopic (exact) mass is 247 g/mol. The fraction of sp³-hybridized carbons (Fsp3) is 0.455. The van der Waals surface area contributed by atoms with E-state index in [0.29, 0.717) is 24.6 Å². The van der Waals surface area contributed by atoms with Gasteiger partial charge in [-0.15, -0.1) is 0 Å². The summed E-state index contributed by atoms with van der Waals surface area (Å²) >= 11 is 1.84. The molecule has 0 aliphatic carbocycles. The molecule has 0 bridgehead atoms. The first-order valence-electron chi connectivity index (χ1n) is 5.13. The fourth-order valence-electron chi connectivity index (χ4n) is 1.70. The van der Waals surface area contributed by atoms with E-state index in [1.165, 1.54) is 0 Å². The summed E-state index contributed by atoms with van der Waals surface area (Å²) in [5.74, 6) is -0.0878. The Balaban J connectivity index is 2.03. The highest BCUT2D eigenvalue weighted by Gasteiger charge is 2.17. The van der Waals surface area contributed by atoms with Gasteiger partial charge in [0.2, 0.25) is 0 Å². The average molecular weight is 247 g/mol. The lowest BCUT2D eigenvalue weighted by molar-refractivity contribution is 0.543. The molecule has 0 aromatic heterocycles. The number of anilines is 1. The van der Waals surface area contributed by atoms with Gasteiger partial charge in [-0.05, 0) is 23.8 Å². The van der Waals surface area contributed by atoms with Crippen molar-refractivity contribution in [3.05, 3.63) is 29.6 Å². The van der Waals surface area contributed by atoms with Crippen molar-refractivity contribution in [1.82, 2.24) is 0 Å². The van der Waals surface area contributed by atoms with Crippen LogP contribution < -0.4 is 5.32 Å². The maximum absolute atomic E-state index is 13.2. The van der Waals surface area contributed by atoms with E-state index in [1.54, 1.807) is 0 Å². The summed E-state index contributed by atoms with van der Waals surface area (Å²) in [6.45, 7) is 0.534. The van der Waals surface area contributed by atoms with Crippen LogP contribution in [0, 0.1) is 23.4 Å². The SMILES string of the molecule is Fc1cc(F)c(NCC2CCSC2)c(F)c1. The van der Waals surface area contributed by atoms with E-state index >= 15 is 0 Å². The first-order valence-corrected chi connectivity index (χ1v) is 6.28. The van der Waals surface area contributed by atoms with Gasteiger partial charge >= 0.3 is 0 Å². The Morgan fingerprint density at radius 2 is 1.94 bits per heavy atom. The first kappa shape index (κ1) is 11.6. The first-order chi connectivity index (χ1) is 7.66. The van der Waals surface area contributed by atoms with Crippen molar-refractivity contribution < 1.29 is 13.2 Å². The molecule has 1 heterocycles. The Morgan fingerprint density at radius 3 is 2.50 bits per heavy atom. The molecule has 1 atom stereocenters. The minimum Gasteiger partial charge on any atom is -0.380 e. The zero-order valence-corrected chi connectivity index (χ0v) is 9.42. The Hall–Kier alpha value is -0.840. The van der Waals surface area contributed by atoms with Crippen molar-refractivity contribution in [3.8, 4) is 0 Å². The van der Waals surface area contributed by atoms with Crippen LogP contribution in [0.4, 0.5) is 18.9 Å². The third kappa shape index (κ3) is 2.64. The van der Waals surface area contributed by atoms with Crippen molar-refractivity contribution in [1.29, 1.82) is 0 Å². The number of thioether (sulfide) groups is 1. The molecule has 0 radical (unpaired) electrons. The second-order valence-electron chi connectivity index (χ2n) is 3.85. The zero-order chi connectivity index (χ0) is 11.5. The number of benzene rings is 1. The van der Waals surface area contributed by atoms with Crippen molar-refractivity contribution in [3.63, 3.8) is 0 Å². The Morgan fingerprint density at radius 1 is 1.25 bits per heavy atom. The second-order valence-corrected chi connectivity index (χ2v) is 5.00. The number of nitrogens with one attached hydrogen (secondary N) is 1. The molecule has 0 spiro atoms. The summed E-state index contributed by atoms with van der Waals surface area (Å²) in [7, 11) is 0. The van der Waals surface area contributed by atoms with Gasteiger partial charge < -0.3 is 5.32 Å². The summed E-state index contributed by atoms with van der Waals surface area (Å²) in [6.07, 6.45) is 1.06. The molecule has 1 unspecified atom stereocenters. The minimum atomic E-state index is -0.892. The van der Waals surface area contributed by atoms with Crippen LogP contribution in [0.15, 0.2) is 12.1 Å². The molecule has 1 nitrogen and oxygen atoms in total. The van der Waals surface area contributed by atoms with E-state index in [-0.39, 0.29) is 5.69 Å². The molecule has 5 heteroatoms. The van der Waals surface area contributed by atoms with Crippen LogP contribution in [-0.2, 0) is 0 Å². The molecule has 0 amide bonds. The molecule has 16 heavy (non-hydrogen) atoms. The van der Waals surface area contributed by atoms with Crippen molar-refractivity contribution in [2.24, 2.45) is 5.92 Å². The molecule has 1 aliphatic heterocycles. The quantitative estimate of drug-likeness (QED) is 0.879. The molecule has 0 saturated carbocycles. The third-order valence-corrected chi connectivity index (χ3v) is 3.83. The van der Waals surface area contributed by atoms with Crippen LogP contribution in [-0.4, -0.2) is 18.1 Å². The molecule has 1 aliphatic rings. The predicted octanol–water partition coefficient (Wildman–Crippen LogP) is 3.27. The minimum absolute atomic E-state index is 0.224. The summed E-state index contributed by atoms with van der Waals surface area (Å²) in [6, 6.07) is 1.38. The highest BCUT2D eigenvalue weighted by molar-refractivity contribution is 7.99. The van der Waals surface area contributed by atoms with Gasteiger partial charge in [0, 0.05) is 18.7 Å². The number of hydrogen-bond donors (Lipinski definition) is 1. The Bertz CT molecular complexity index is 354. The highest BCUT2D eigenvalue weighted by atomic mass is 32.2. The van der Waals surface area contributed by atoms with Gasteiger partial charge in [0.1, 0.15) is 11.5 Å². The number of halogens is 3. The van der Waals surface area contributed by atoms with Gasteiger partial charge in [-0.1, -0.05) is 0 Å². The molecule has 1 N–H and O–H groups in total. The summed E-state index contributed by atoms with van der Waals surface area (Å²) < 4.78 is 39.1. The molecule has 88 valence electrons. The maximum Gasteiger partial charge on any atom is 0.152 e. The molecule has 2 rings (SSSR count). The van der Waals surface area contributed by atoms with Crippen LogP contribution in [0.3, 0.4) is 0 Å². The van der Waals surface area contributed by atoms with Gasteiger partial charge in [0.25, 0.3) is 0 Å². The number of rotatable bonds is 3. The highest BCUT2D eigenvalue weighted by Crippen LogP contribution is 2.25. The zero-order valence-electron chi connectivity index (χ0n) is 8.60. The van der Waals surface area contributed by atoms with Crippen molar-refractivity contribution in [2.45, 2.75) is 6.42 Å². The van der Waals surface area contributed by atoms with Gasteiger partial charge in [-0.2, -0.15) is 11.8 Å². The maximum atomic E-state index is 13.2. The molecule has 1 saturated heterocycles. The van der Waals surface area contributed by atoms with Gasteiger partial charge in [0.15, 0.2) is 11.6 Å². The van der Waals surface area contributed by atoms with Gasteiger partial charge in [-0.25, -0.2) is 13.2 Å². The lowest BCUT2D eigenvalue weighted by atomic mass is 10.1. The Labute approximate surface area is 96.4 Å². The van der Waals surface area contributed by atoms with Gasteiger partial charge in [0.05, 0.1) is 0 Å². The van der Waals surface area contributed by atoms with Crippen LogP contribution in [0.25, 0.3) is 0 Å². The summed E-state index contributed by atoms with van der Waals surface area (Å²) in [5, 5.41) is 2.72. The summed E-state index contributed by atoms with van der Waals surface area (Å²) in [5.41, 5.74) is -0.224. The topological polar surface area (TPSA) is 12.0 Å². The third-order valence-electron chi connectivity index (χ3n) is 2.60. The van der Waals surface area contributed by atoms with E-state index in [4.69, 9.17) is 0 Å². The molecular formula is C11H12F3NS. The van der Waals surface area contributed by atoms with Crippen molar-refractivity contribution >= 4 is 17.4 Å². The lowest BCUT2D eigenvalue weighted by Gasteiger charge is -2.12. The standard InChI is InChI=1S/C11H12F3NS/c12-8-3-9(13)11(10(14)4-8)15-5-7-1-2-16-6-7/h3-4,7,15H,1-2,5-6H2. The molecule has 1 aromatic rings. The van der Waals surface area contributed by atoms with E-state index < -0.39 is 17.5 Å². The largest absolute Gasteiger partial charge is 0.380 e. The lowest BCUT2D eigenvalue weighted by Crippen LogP contribution is -2.15. The van der Waals surface area contributed by atoms with Crippen molar-refractivity contribution in [2.75, 3.05) is 23.4 Å². The van der Waals surface area contributed by atoms with Crippen LogP contribution >= 0.6 is 11.8 Å². The molecule has 1 aromatic carbocycles. The summed E-state index contributed by atoms with van der Waals surface area (Å²) in [4.78, 5) is 0. The predicted molar refractivity (Wildman–Crippen MR) is 60.2 cm³/mol. The van der Waals surface area contributed by atoms with Crippen LogP contribution in [0.2, 0.25) is 0 Å². The second kappa shape index (κ2) is 4.99. The van der Waals surface area contributed by atoms with Gasteiger partial charge in [-0.3, -0.25) is 0 Å². The Kier molecular flexibility index (Phi) is 3.63. The smallest absolute Gasteiger partial charge is 0.152 e. The number of hydrogen-bond acceptors (Lipinski definition) is 2. The van der Waals surface area contributed by atoms with E-state index in [1.807, 2.05) is 11.8 Å². The molecular weight excluding hydrogens is 235 g/mol.